The van der Waals surface area contributed by atoms with E-state index in [2.05, 4.69) is 55.1 Å². The van der Waals surface area contributed by atoms with Crippen molar-refractivity contribution in [1.82, 2.24) is 9.97 Å². The quantitative estimate of drug-likeness (QED) is 0.470. The average Bonchev–Trinajstić information content (AvgIpc) is 2.37. The SMILES string of the molecule is CC(=O)OCc1cc(I)ccn1.Cc1cc(I)ccn1. The lowest BCUT2D eigenvalue weighted by molar-refractivity contribution is -0.142. The number of halogens is 2. The van der Waals surface area contributed by atoms with Gasteiger partial charge in [-0.2, -0.15) is 0 Å². The third-order valence-corrected chi connectivity index (χ3v) is 3.40. The molecule has 6 heteroatoms. The number of aromatic nitrogens is 2. The molecule has 0 atom stereocenters. The number of hydrogen-bond acceptors (Lipinski definition) is 4. The van der Waals surface area contributed by atoms with Gasteiger partial charge in [0.05, 0.1) is 5.69 Å². The molecule has 0 spiro atoms. The van der Waals surface area contributed by atoms with Crippen LogP contribution in [0.3, 0.4) is 0 Å². The van der Waals surface area contributed by atoms with Crippen LogP contribution >= 0.6 is 45.2 Å². The van der Waals surface area contributed by atoms with Crippen molar-refractivity contribution in [1.29, 1.82) is 0 Å². The van der Waals surface area contributed by atoms with Crippen molar-refractivity contribution in [2.75, 3.05) is 0 Å². The summed E-state index contributed by atoms with van der Waals surface area (Å²) in [6, 6.07) is 7.79. The Morgan fingerprint density at radius 3 is 2.20 bits per heavy atom. The van der Waals surface area contributed by atoms with Crippen molar-refractivity contribution >= 4 is 51.2 Å². The Balaban J connectivity index is 0.000000217. The van der Waals surface area contributed by atoms with Gasteiger partial charge in [0.15, 0.2) is 0 Å². The van der Waals surface area contributed by atoms with E-state index < -0.39 is 0 Å². The number of esters is 1. The summed E-state index contributed by atoms with van der Waals surface area (Å²) in [5, 5.41) is 0. The van der Waals surface area contributed by atoms with Crippen molar-refractivity contribution in [3.8, 4) is 0 Å². The van der Waals surface area contributed by atoms with Gasteiger partial charge in [-0.15, -0.1) is 0 Å². The smallest absolute Gasteiger partial charge is 0.303 e. The second-order valence-corrected chi connectivity index (χ2v) is 6.35. The van der Waals surface area contributed by atoms with Crippen molar-refractivity contribution in [2.24, 2.45) is 0 Å². The van der Waals surface area contributed by atoms with Gasteiger partial charge >= 0.3 is 5.97 Å². The number of nitrogens with zero attached hydrogens (tertiary/aromatic N) is 2. The first-order valence-electron chi connectivity index (χ1n) is 5.79. The molecule has 0 saturated heterocycles. The third-order valence-electron chi connectivity index (χ3n) is 2.06. The van der Waals surface area contributed by atoms with Gasteiger partial charge in [0.1, 0.15) is 6.61 Å². The number of rotatable bonds is 2. The Morgan fingerprint density at radius 1 is 1.15 bits per heavy atom. The van der Waals surface area contributed by atoms with Crippen molar-refractivity contribution in [3.63, 3.8) is 0 Å². The molecule has 2 rings (SSSR count). The Morgan fingerprint density at radius 2 is 1.75 bits per heavy atom. The molecule has 0 unspecified atom stereocenters. The molecule has 2 heterocycles. The largest absolute Gasteiger partial charge is 0.459 e. The van der Waals surface area contributed by atoms with Crippen LogP contribution in [0, 0.1) is 14.1 Å². The number of pyridine rings is 2. The van der Waals surface area contributed by atoms with Gasteiger partial charge in [0.2, 0.25) is 0 Å². The first-order chi connectivity index (χ1) is 9.47. The normalized spacial score (nSPS) is 9.40. The molecule has 0 aliphatic heterocycles. The molecule has 4 nitrogen and oxygen atoms in total. The zero-order valence-corrected chi connectivity index (χ0v) is 15.5. The molecular weight excluding hydrogens is 482 g/mol. The topological polar surface area (TPSA) is 52.1 Å². The molecule has 0 saturated carbocycles. The number of hydrogen-bond donors (Lipinski definition) is 0. The maximum Gasteiger partial charge on any atom is 0.303 e. The van der Waals surface area contributed by atoms with Crippen LogP contribution in [0.15, 0.2) is 36.7 Å². The highest BCUT2D eigenvalue weighted by molar-refractivity contribution is 14.1. The van der Waals surface area contributed by atoms with E-state index in [4.69, 9.17) is 4.74 Å². The van der Waals surface area contributed by atoms with Gasteiger partial charge in [0.25, 0.3) is 0 Å². The maximum atomic E-state index is 10.5. The van der Waals surface area contributed by atoms with Crippen molar-refractivity contribution in [2.45, 2.75) is 20.5 Å². The molecule has 0 fully saturated rings. The van der Waals surface area contributed by atoms with E-state index in [1.165, 1.54) is 10.5 Å². The predicted molar refractivity (Wildman–Crippen MR) is 94.1 cm³/mol. The van der Waals surface area contributed by atoms with E-state index in [0.717, 1.165) is 15.0 Å². The molecule has 0 N–H and O–H groups in total. The minimum Gasteiger partial charge on any atom is -0.459 e. The van der Waals surface area contributed by atoms with Gasteiger partial charge < -0.3 is 4.74 Å². The Labute approximate surface area is 145 Å². The molecule has 0 aromatic carbocycles. The van der Waals surface area contributed by atoms with Gasteiger partial charge in [0, 0.05) is 32.2 Å². The van der Waals surface area contributed by atoms with Crippen LogP contribution in [-0.2, 0) is 16.1 Å². The Hall–Kier alpha value is -0.770. The van der Waals surface area contributed by atoms with Crippen molar-refractivity contribution in [3.05, 3.63) is 55.2 Å². The molecule has 20 heavy (non-hydrogen) atoms. The van der Waals surface area contributed by atoms with Crippen LogP contribution in [-0.4, -0.2) is 15.9 Å². The molecule has 0 bridgehead atoms. The summed E-state index contributed by atoms with van der Waals surface area (Å²) < 4.78 is 7.11. The first-order valence-corrected chi connectivity index (χ1v) is 7.95. The minimum atomic E-state index is -0.282. The molecule has 0 aliphatic rings. The average molecular weight is 496 g/mol. The Kier molecular flexibility index (Phi) is 7.97. The number of aryl methyl sites for hydroxylation is 1. The molecule has 2 aromatic rings. The molecule has 106 valence electrons. The third kappa shape index (κ3) is 7.73. The fraction of sp³-hybridized carbons (Fsp3) is 0.214. The summed E-state index contributed by atoms with van der Waals surface area (Å²) in [6.45, 7) is 3.63. The second-order valence-electron chi connectivity index (χ2n) is 3.86. The van der Waals surface area contributed by atoms with E-state index in [9.17, 15) is 4.79 Å². The standard InChI is InChI=1S/C8H8INO2.C6H6IN/c1-6(11)12-5-8-4-7(9)2-3-10-8;1-5-4-6(7)2-3-8-5/h2-4H,5H2,1H3;2-4H,1H3. The van der Waals surface area contributed by atoms with Crippen LogP contribution in [0.4, 0.5) is 0 Å². The highest BCUT2D eigenvalue weighted by atomic mass is 127. The van der Waals surface area contributed by atoms with E-state index in [1.807, 2.05) is 37.4 Å². The second kappa shape index (κ2) is 9.22. The molecule has 0 radical (unpaired) electrons. The van der Waals surface area contributed by atoms with Crippen LogP contribution in [0.25, 0.3) is 0 Å². The summed E-state index contributed by atoms with van der Waals surface area (Å²) in [4.78, 5) is 18.5. The van der Waals surface area contributed by atoms with Crippen LogP contribution in [0.2, 0.25) is 0 Å². The number of carbonyl (C=O) groups excluding carboxylic acids is 1. The van der Waals surface area contributed by atoms with Crippen LogP contribution in [0.1, 0.15) is 18.3 Å². The van der Waals surface area contributed by atoms with Crippen LogP contribution < -0.4 is 0 Å². The summed E-state index contributed by atoms with van der Waals surface area (Å²) in [5.41, 5.74) is 1.86. The van der Waals surface area contributed by atoms with E-state index in [-0.39, 0.29) is 12.6 Å². The predicted octanol–water partition coefficient (Wildman–Crippen LogP) is 3.74. The lowest BCUT2D eigenvalue weighted by Crippen LogP contribution is -2.00. The minimum absolute atomic E-state index is 0.256. The number of carbonyl (C=O) groups is 1. The van der Waals surface area contributed by atoms with Crippen molar-refractivity contribution < 1.29 is 9.53 Å². The van der Waals surface area contributed by atoms with E-state index in [0.29, 0.717) is 0 Å². The van der Waals surface area contributed by atoms with Gasteiger partial charge in [-0.3, -0.25) is 14.8 Å². The maximum absolute atomic E-state index is 10.5. The summed E-state index contributed by atoms with van der Waals surface area (Å²) >= 11 is 4.45. The van der Waals surface area contributed by atoms with Gasteiger partial charge in [-0.1, -0.05) is 0 Å². The molecule has 2 aromatic heterocycles. The lowest BCUT2D eigenvalue weighted by Gasteiger charge is -2.00. The summed E-state index contributed by atoms with van der Waals surface area (Å²) in [6.07, 6.45) is 3.51. The molecule has 0 amide bonds. The van der Waals surface area contributed by atoms with Crippen LogP contribution in [0.5, 0.6) is 0 Å². The van der Waals surface area contributed by atoms with Gasteiger partial charge in [-0.25, -0.2) is 0 Å². The summed E-state index contributed by atoms with van der Waals surface area (Å²) in [7, 11) is 0. The van der Waals surface area contributed by atoms with Gasteiger partial charge in [-0.05, 0) is 76.4 Å². The highest BCUT2D eigenvalue weighted by Gasteiger charge is 1.97. The lowest BCUT2D eigenvalue weighted by atomic mass is 10.4. The summed E-state index contributed by atoms with van der Waals surface area (Å²) in [5.74, 6) is -0.282. The fourth-order valence-corrected chi connectivity index (χ4v) is 2.35. The molecule has 0 aliphatic carbocycles. The highest BCUT2D eigenvalue weighted by Crippen LogP contribution is 2.05. The first kappa shape index (κ1) is 17.3. The van der Waals surface area contributed by atoms with E-state index in [1.54, 1.807) is 6.20 Å². The fourth-order valence-electron chi connectivity index (χ4n) is 1.21. The zero-order chi connectivity index (χ0) is 15.0. The number of ether oxygens (including phenoxy) is 1. The van der Waals surface area contributed by atoms with E-state index >= 15 is 0 Å². The molecular formula is C14H14I2N2O2. The zero-order valence-electron chi connectivity index (χ0n) is 11.1. The Bertz CT molecular complexity index is 559. The monoisotopic (exact) mass is 496 g/mol.